The van der Waals surface area contributed by atoms with Gasteiger partial charge < -0.3 is 14.2 Å². The molecule has 1 unspecified atom stereocenters. The Bertz CT molecular complexity index is 622. The molecular weight excluding hydrogens is 313 g/mol. The summed E-state index contributed by atoms with van der Waals surface area (Å²) in [6.07, 6.45) is 9.35. The number of hydrogen-bond acceptors (Lipinski definition) is 4. The van der Waals surface area contributed by atoms with Gasteiger partial charge in [-0.05, 0) is 50.7 Å². The monoisotopic (exact) mass is 342 g/mol. The van der Waals surface area contributed by atoms with Crippen molar-refractivity contribution in [2.45, 2.75) is 73.5 Å². The highest BCUT2D eigenvalue weighted by Gasteiger charge is 2.77. The minimum absolute atomic E-state index is 0.0509. The first-order valence-electron chi connectivity index (χ1n) is 9.78. The van der Waals surface area contributed by atoms with Crippen LogP contribution in [-0.2, 0) is 19.0 Å². The predicted molar refractivity (Wildman–Crippen MR) is 104 cm³/mol. The molecule has 0 aromatic carbocycles. The zero-order valence-corrected chi connectivity index (χ0v) is 16.3. The van der Waals surface area contributed by atoms with Crippen LogP contribution in [-0.4, -0.2) is 65.8 Å². The zero-order valence-electron chi connectivity index (χ0n) is 16.3. The fourth-order valence-corrected chi connectivity index (χ4v) is 5.99. The number of carbonyl (C=O) groups excluding carboxylic acids is 1. The van der Waals surface area contributed by atoms with E-state index in [1.165, 1.54) is 25.7 Å². The van der Waals surface area contributed by atoms with Gasteiger partial charge >= 0.3 is 0 Å². The van der Waals surface area contributed by atoms with Crippen molar-refractivity contribution in [1.29, 1.82) is 0 Å². The molecule has 0 radical (unpaired) electrons. The summed E-state index contributed by atoms with van der Waals surface area (Å²) in [6, 6.07) is 0. The van der Waals surface area contributed by atoms with Gasteiger partial charge in [-0.15, -0.1) is 0 Å². The molecule has 0 aromatic rings. The van der Waals surface area contributed by atoms with Crippen molar-refractivity contribution in [2.75, 3.05) is 13.7 Å². The Kier molecular flexibility index (Phi) is 3.93. The van der Waals surface area contributed by atoms with Crippen LogP contribution in [0.2, 0.25) is 5.21 Å². The molecule has 7 heteroatoms. The maximum absolute atomic E-state index is 13.2. The molecule has 1 spiro atoms. The number of Topliss-reactive ketones (excluding diaryl/α,β-unsaturated/α-hetero) is 1. The summed E-state index contributed by atoms with van der Waals surface area (Å²) in [5.41, 5.74) is 0.0999. The van der Waals surface area contributed by atoms with E-state index in [1.54, 1.807) is 12.7 Å². The number of hydrogen-bond donors (Lipinski definition) is 0. The Morgan fingerprint density at radius 1 is 1.28 bits per heavy atom. The van der Waals surface area contributed by atoms with E-state index >= 15 is 0 Å². The van der Waals surface area contributed by atoms with E-state index < -0.39 is 10.7 Å². The van der Waals surface area contributed by atoms with Crippen LogP contribution in [0.4, 0.5) is 0 Å². The Balaban J connectivity index is 1.60. The van der Waals surface area contributed by atoms with E-state index in [2.05, 4.69) is 13.0 Å². The van der Waals surface area contributed by atoms with Gasteiger partial charge in [-0.2, -0.15) is 0 Å². The maximum atomic E-state index is 13.2. The molecule has 2 saturated heterocycles. The third kappa shape index (κ3) is 2.61. The van der Waals surface area contributed by atoms with Crippen molar-refractivity contribution >= 4 is 29.3 Å². The highest BCUT2D eigenvalue weighted by atomic mass is 16.6. The lowest BCUT2D eigenvalue weighted by Gasteiger charge is -2.51. The van der Waals surface area contributed by atoms with E-state index in [4.69, 9.17) is 14.2 Å². The van der Waals surface area contributed by atoms with Crippen molar-refractivity contribution < 1.29 is 19.0 Å². The van der Waals surface area contributed by atoms with Crippen LogP contribution in [0, 0.1) is 5.92 Å². The summed E-state index contributed by atoms with van der Waals surface area (Å²) >= 11 is 0. The lowest BCUT2D eigenvalue weighted by molar-refractivity contribution is -0.151. The lowest BCUT2D eigenvalue weighted by atomic mass is 9.37. The summed E-state index contributed by atoms with van der Waals surface area (Å²) in [5, 5.41) is -0.426. The lowest BCUT2D eigenvalue weighted by Crippen LogP contribution is -2.66. The van der Waals surface area contributed by atoms with Gasteiger partial charge in [0.05, 0.1) is 23.8 Å². The highest BCUT2D eigenvalue weighted by molar-refractivity contribution is 6.55. The molecule has 2 aliphatic heterocycles. The molecular formula is C18H29B3O4. The van der Waals surface area contributed by atoms with Crippen LogP contribution in [0.5, 0.6) is 0 Å². The molecule has 25 heavy (non-hydrogen) atoms. The first kappa shape index (κ1) is 17.9. The maximum Gasteiger partial charge on any atom is 0.153 e. The second-order valence-electron chi connectivity index (χ2n) is 9.58. The average Bonchev–Trinajstić information content (AvgIpc) is 3.36. The summed E-state index contributed by atoms with van der Waals surface area (Å²) in [4.78, 5) is 13.2. The molecule has 2 saturated carbocycles. The Morgan fingerprint density at radius 3 is 2.48 bits per heavy atom. The van der Waals surface area contributed by atoms with E-state index in [-0.39, 0.29) is 29.0 Å². The van der Waals surface area contributed by atoms with Crippen LogP contribution in [0.1, 0.15) is 45.4 Å². The zero-order chi connectivity index (χ0) is 18.1. The smallest absolute Gasteiger partial charge is 0.153 e. The number of carbonyl (C=O) groups is 1. The number of allylic oxidation sites excluding steroid dienone is 1. The van der Waals surface area contributed by atoms with Gasteiger partial charge in [0.2, 0.25) is 0 Å². The highest BCUT2D eigenvalue weighted by Crippen LogP contribution is 2.64. The number of ketones is 1. The molecule has 4 nitrogen and oxygen atoms in total. The first-order valence-corrected chi connectivity index (χ1v) is 9.78. The second-order valence-corrected chi connectivity index (χ2v) is 9.58. The Labute approximate surface area is 153 Å². The van der Waals surface area contributed by atoms with Gasteiger partial charge in [0.15, 0.2) is 7.85 Å². The van der Waals surface area contributed by atoms with Crippen LogP contribution in [0.25, 0.3) is 0 Å². The van der Waals surface area contributed by atoms with Gasteiger partial charge in [0.25, 0.3) is 0 Å². The van der Waals surface area contributed by atoms with E-state index in [0.29, 0.717) is 6.61 Å². The molecule has 0 aromatic heterocycles. The third-order valence-electron chi connectivity index (χ3n) is 7.24. The Hall–Kier alpha value is -0.515. The SMILES string of the molecule is BC1(B)C[C@]2(CO2)[C@@H](C2(C)O[C@@H]2CC=C2CCCC2)[C@](B)(OC)C1=O. The average molecular weight is 342 g/mol. The minimum Gasteiger partial charge on any atom is -0.379 e. The Morgan fingerprint density at radius 2 is 1.92 bits per heavy atom. The number of methoxy groups -OCH3 is 1. The fourth-order valence-electron chi connectivity index (χ4n) is 5.99. The molecule has 0 amide bonds. The van der Waals surface area contributed by atoms with Crippen molar-refractivity contribution in [3.63, 3.8) is 0 Å². The fraction of sp³-hybridized carbons (Fsp3) is 0.833. The normalized spacial score (nSPS) is 47.9. The van der Waals surface area contributed by atoms with Gasteiger partial charge in [-0.1, -0.05) is 11.6 Å². The van der Waals surface area contributed by atoms with Crippen molar-refractivity contribution in [3.8, 4) is 0 Å². The standard InChI is InChI=1S/C18H29B3O4/c1-15(12(25-15)8-7-11-5-3-4-6-11)13-16(10-24-16)9-17(19,20)14(22)18(13,21)23-2/h7,12-13H,3-6,8-10,19-21H2,1-2H3/t12-,13-,15?,16+,18+/m1/s1. The van der Waals surface area contributed by atoms with Crippen LogP contribution in [0.3, 0.4) is 0 Å². The van der Waals surface area contributed by atoms with Crippen molar-refractivity contribution in [2.24, 2.45) is 5.92 Å². The molecule has 5 atom stereocenters. The molecule has 4 rings (SSSR count). The van der Waals surface area contributed by atoms with Crippen molar-refractivity contribution in [1.82, 2.24) is 0 Å². The largest absolute Gasteiger partial charge is 0.379 e. The number of ether oxygens (including phenoxy) is 3. The van der Waals surface area contributed by atoms with Crippen molar-refractivity contribution in [3.05, 3.63) is 11.6 Å². The molecule has 4 aliphatic rings. The molecule has 0 bridgehead atoms. The number of rotatable bonds is 4. The first-order chi connectivity index (χ1) is 11.7. The molecule has 134 valence electrons. The third-order valence-corrected chi connectivity index (χ3v) is 7.24. The summed E-state index contributed by atoms with van der Waals surface area (Å²) < 4.78 is 18.1. The van der Waals surface area contributed by atoms with Crippen LogP contribution < -0.4 is 0 Å². The quantitative estimate of drug-likeness (QED) is 0.402. The van der Waals surface area contributed by atoms with E-state index in [0.717, 1.165) is 12.8 Å². The molecule has 0 N–H and O–H groups in total. The molecule has 4 fully saturated rings. The van der Waals surface area contributed by atoms with E-state index in [1.807, 2.05) is 23.5 Å². The summed E-state index contributed by atoms with van der Waals surface area (Å²) in [5.74, 6) is 0.128. The number of epoxide rings is 2. The minimum atomic E-state index is -0.859. The van der Waals surface area contributed by atoms with Crippen LogP contribution >= 0.6 is 0 Å². The topological polar surface area (TPSA) is 51.4 Å². The predicted octanol–water partition coefficient (Wildman–Crippen LogP) is -0.249. The van der Waals surface area contributed by atoms with E-state index in [9.17, 15) is 4.79 Å². The molecule has 2 heterocycles. The van der Waals surface area contributed by atoms with Crippen LogP contribution in [0.15, 0.2) is 11.6 Å². The van der Waals surface area contributed by atoms with Gasteiger partial charge in [0, 0.05) is 13.0 Å². The summed E-state index contributed by atoms with van der Waals surface area (Å²) in [7, 11) is 7.64. The van der Waals surface area contributed by atoms with Gasteiger partial charge in [0.1, 0.15) is 27.1 Å². The molecule has 2 aliphatic carbocycles. The van der Waals surface area contributed by atoms with Gasteiger partial charge in [-0.25, -0.2) is 0 Å². The summed E-state index contributed by atoms with van der Waals surface area (Å²) in [6.45, 7) is 2.86. The van der Waals surface area contributed by atoms with Gasteiger partial charge in [-0.3, -0.25) is 4.79 Å². The second kappa shape index (κ2) is 5.49.